The minimum Gasteiger partial charge on any atom is -1.00 e. The van der Waals surface area contributed by atoms with Crippen LogP contribution in [0, 0.1) is 0 Å². The topological polar surface area (TPSA) is 200 Å². The number of thioether (sulfide) groups is 1. The van der Waals surface area contributed by atoms with Crippen molar-refractivity contribution in [3.63, 3.8) is 0 Å². The van der Waals surface area contributed by atoms with Gasteiger partial charge in [0.05, 0.1) is 7.11 Å². The maximum absolute atomic E-state index is 15.5. The van der Waals surface area contributed by atoms with E-state index in [0.717, 1.165) is 38.9 Å². The Kier molecular flexibility index (Phi) is 17.3. The summed E-state index contributed by atoms with van der Waals surface area (Å²) in [5.41, 5.74) is 10.5. The van der Waals surface area contributed by atoms with Gasteiger partial charge in [-0.1, -0.05) is 204 Å². The number of fused-ring (bicyclic) bond motifs is 1. The molecule has 4 N–H and O–H groups in total. The number of benzene rings is 7. The number of esters is 1. The summed E-state index contributed by atoms with van der Waals surface area (Å²) in [6, 6.07) is 69.1. The van der Waals surface area contributed by atoms with Crippen LogP contribution in [0.1, 0.15) is 44.6 Å². The highest BCUT2D eigenvalue weighted by Gasteiger charge is 2.55. The van der Waals surface area contributed by atoms with E-state index >= 15 is 4.79 Å². The first kappa shape index (κ1) is 57.4. The number of nitrogens with one attached hydrogen (secondary N) is 2. The van der Waals surface area contributed by atoms with Crippen molar-refractivity contribution >= 4 is 57.7 Å². The number of anilines is 2. The highest BCUT2D eigenvalue weighted by molar-refractivity contribution is 8.00. The van der Waals surface area contributed by atoms with Crippen molar-refractivity contribution in [2.75, 3.05) is 23.9 Å². The van der Waals surface area contributed by atoms with Crippen LogP contribution in [-0.4, -0.2) is 67.8 Å². The van der Waals surface area contributed by atoms with Gasteiger partial charge in [0.2, 0.25) is 11.4 Å². The molecular formula is C66H54IN9O7S2. The minimum atomic E-state index is -1.39. The number of oxime groups is 1. The van der Waals surface area contributed by atoms with Gasteiger partial charge in [0.1, 0.15) is 40.7 Å². The number of nitrogens with zero attached hydrogens (tertiary/aromatic N) is 6. The Balaban J connectivity index is 0.00000752. The van der Waals surface area contributed by atoms with E-state index in [9.17, 15) is 9.59 Å². The van der Waals surface area contributed by atoms with Crippen molar-refractivity contribution in [2.24, 2.45) is 5.16 Å². The highest BCUT2D eigenvalue weighted by Crippen LogP contribution is 2.44. The van der Waals surface area contributed by atoms with E-state index in [-0.39, 0.29) is 60.2 Å². The first-order valence-electron chi connectivity index (χ1n) is 26.9. The average Bonchev–Trinajstić information content (AvgIpc) is 4.23. The maximum Gasteiger partial charge on any atom is 0.355 e. The third-order valence-corrected chi connectivity index (χ3v) is 16.8. The number of aromatic nitrogens is 4. The number of amides is 2. The van der Waals surface area contributed by atoms with Crippen LogP contribution >= 0.6 is 23.1 Å². The number of carbonyl (C=O) groups excluding carboxylic acids is 3. The summed E-state index contributed by atoms with van der Waals surface area (Å²) in [7, 11) is 1.57. The molecule has 0 unspecified atom stereocenters. The third kappa shape index (κ3) is 11.7. The van der Waals surface area contributed by atoms with Gasteiger partial charge in [-0.05, 0) is 34.4 Å². The van der Waals surface area contributed by atoms with Gasteiger partial charge >= 0.3 is 12.0 Å². The number of methoxy groups -OCH3 is 1. The molecule has 12 rings (SSSR count). The van der Waals surface area contributed by atoms with Crippen LogP contribution in [0.2, 0.25) is 0 Å². The number of nitrogen functional groups attached to an aromatic ring is 1. The Labute approximate surface area is 515 Å². The normalized spacial score (nSPS) is 15.0. The Bertz CT molecular complexity index is 3800. The van der Waals surface area contributed by atoms with Crippen molar-refractivity contribution in [1.82, 2.24) is 25.3 Å². The number of halogens is 1. The van der Waals surface area contributed by atoms with E-state index in [1.165, 1.54) is 28.0 Å². The summed E-state index contributed by atoms with van der Waals surface area (Å²) in [6.07, 6.45) is 3.62. The van der Waals surface area contributed by atoms with Crippen LogP contribution in [0.15, 0.2) is 257 Å². The average molecular weight is 1280 g/mol. The van der Waals surface area contributed by atoms with E-state index in [2.05, 4.69) is 57.2 Å². The molecule has 0 spiro atoms. The zero-order valence-electron chi connectivity index (χ0n) is 45.6. The van der Waals surface area contributed by atoms with Gasteiger partial charge < -0.3 is 59.2 Å². The number of ether oxygens (including phenoxy) is 2. The van der Waals surface area contributed by atoms with Crippen LogP contribution in [0.25, 0.3) is 11.4 Å². The predicted molar refractivity (Wildman–Crippen MR) is 321 cm³/mol. The molecule has 0 bridgehead atoms. The smallest absolute Gasteiger partial charge is 0.355 e. The van der Waals surface area contributed by atoms with Crippen molar-refractivity contribution in [1.29, 1.82) is 0 Å². The van der Waals surface area contributed by atoms with Crippen LogP contribution < -0.4 is 49.6 Å². The second-order valence-corrected chi connectivity index (χ2v) is 21.7. The summed E-state index contributed by atoms with van der Waals surface area (Å²) in [5.74, 6) is -0.656. The fraction of sp³-hybridized carbons (Fsp3) is 0.121. The molecule has 16 nitrogen and oxygen atoms in total. The van der Waals surface area contributed by atoms with Crippen molar-refractivity contribution < 1.29 is 61.8 Å². The number of hydrogen-bond donors (Lipinski definition) is 3. The molecule has 424 valence electrons. The fourth-order valence-electron chi connectivity index (χ4n) is 10.6. The van der Waals surface area contributed by atoms with Gasteiger partial charge in [-0.3, -0.25) is 14.5 Å². The Morgan fingerprint density at radius 1 is 0.718 bits per heavy atom. The van der Waals surface area contributed by atoms with Crippen molar-refractivity contribution in [3.05, 3.63) is 292 Å². The summed E-state index contributed by atoms with van der Waals surface area (Å²) in [5, 5.41) is 17.2. The van der Waals surface area contributed by atoms with E-state index in [4.69, 9.17) is 34.7 Å². The third-order valence-electron chi connectivity index (χ3n) is 14.7. The molecule has 5 heterocycles. The van der Waals surface area contributed by atoms with Gasteiger partial charge in [-0.25, -0.2) is 14.3 Å². The predicted octanol–water partition coefficient (Wildman–Crippen LogP) is 7.29. The molecule has 2 aliphatic rings. The lowest BCUT2D eigenvalue weighted by atomic mass is 9.77. The van der Waals surface area contributed by atoms with E-state index < -0.39 is 40.3 Å². The molecular weight excluding hydrogens is 1220 g/mol. The number of carbonyl (C=O) groups is 3. The first-order valence-corrected chi connectivity index (χ1v) is 28.8. The molecule has 0 aliphatic carbocycles. The Hall–Kier alpha value is -9.44. The van der Waals surface area contributed by atoms with Crippen molar-refractivity contribution in [2.45, 2.75) is 35.7 Å². The first-order chi connectivity index (χ1) is 41.2. The number of pyridine rings is 1. The van der Waals surface area contributed by atoms with Gasteiger partial charge in [0, 0.05) is 51.1 Å². The maximum atomic E-state index is 15.5. The van der Waals surface area contributed by atoms with Gasteiger partial charge in [0.15, 0.2) is 29.8 Å². The van der Waals surface area contributed by atoms with Crippen LogP contribution in [-0.2, 0) is 48.2 Å². The van der Waals surface area contributed by atoms with Crippen molar-refractivity contribution in [3.8, 4) is 17.1 Å². The summed E-state index contributed by atoms with van der Waals surface area (Å²) < 4.78 is 18.2. The highest BCUT2D eigenvalue weighted by atomic mass is 127. The molecule has 2 aliphatic heterocycles. The molecule has 1 saturated heterocycles. The quantitative estimate of drug-likeness (QED) is 0.0131. The zero-order chi connectivity index (χ0) is 57.5. The number of hydrogen-bond acceptors (Lipinski definition) is 15. The summed E-state index contributed by atoms with van der Waals surface area (Å²) in [4.78, 5) is 62.6. The fourth-order valence-corrected chi connectivity index (χ4v) is 12.7. The minimum absolute atomic E-state index is 0. The number of nitrogens with two attached hydrogens (primary N) is 1. The van der Waals surface area contributed by atoms with E-state index in [1.54, 1.807) is 48.9 Å². The molecule has 1 fully saturated rings. The van der Waals surface area contributed by atoms with Gasteiger partial charge in [0.25, 0.3) is 11.8 Å². The standard InChI is InChI=1S/C66H53N9O7S2.HI/c1-79-53-34-32-44(33-35-53)41-80-62(78)57-46(40-74-38-36-45(37-39-74)58-70-63(67)81-73-58)42-83-61-56(60(77)75(57)61)69-59(76)55(72-82-66(50-26-14-5-15-27-50,51-28-16-6-17-29-51)52-30-18-7-19-31-52)54-43-84-64(68-54)71-65(47-20-8-2-9-21-47,48-22-10-3-11-23-48)49-24-12-4-13-25-49;/h2-39,43,56,61H,40-42H2,1H3,(H3-,67,68,69,70,71,73,76);1H/t56-,61+;/m1./s1. The lowest BCUT2D eigenvalue weighted by Gasteiger charge is -2.49. The van der Waals surface area contributed by atoms with E-state index in [1.807, 2.05) is 163 Å². The summed E-state index contributed by atoms with van der Waals surface area (Å²) >= 11 is 2.71. The van der Waals surface area contributed by atoms with Crippen LogP contribution in [0.5, 0.6) is 5.75 Å². The Morgan fingerprint density at radius 3 is 1.73 bits per heavy atom. The second-order valence-electron chi connectivity index (χ2n) is 19.8. The van der Waals surface area contributed by atoms with Gasteiger partial charge in [-0.2, -0.15) is 4.98 Å². The molecule has 2 atom stereocenters. The number of thiazole rings is 1. The van der Waals surface area contributed by atoms with E-state index in [0.29, 0.717) is 33.6 Å². The lowest BCUT2D eigenvalue weighted by molar-refractivity contribution is -0.689. The zero-order valence-corrected chi connectivity index (χ0v) is 49.4. The number of β-lactam (4-membered cyclic amide) rings is 1. The van der Waals surface area contributed by atoms with Crippen LogP contribution in [0.4, 0.5) is 11.1 Å². The van der Waals surface area contributed by atoms with Crippen LogP contribution in [0.3, 0.4) is 0 Å². The second kappa shape index (κ2) is 25.6. The lowest BCUT2D eigenvalue weighted by Crippen LogP contribution is -3.00. The monoisotopic (exact) mass is 1280 g/mol. The molecule has 0 radical (unpaired) electrons. The van der Waals surface area contributed by atoms with Gasteiger partial charge in [-0.15, -0.1) is 23.1 Å². The molecule has 3 aromatic heterocycles. The molecule has 85 heavy (non-hydrogen) atoms. The molecule has 19 heteroatoms. The molecule has 2 amide bonds. The number of rotatable bonds is 20. The molecule has 10 aromatic rings. The molecule has 0 saturated carbocycles. The largest absolute Gasteiger partial charge is 1.00 e. The SMILES string of the molecule is COc1ccc(COC(=O)C2=C(C[n+]3ccc(-c4noc(N)n4)cc3)CS[C@H]3[C@H](NC(=O)C(=NOC(c4ccccc4)(c4ccccc4)c4ccccc4)c4csc(NC(c5ccccc5)(c5ccccc5)c5ccccc5)n4)C(=O)N23)cc1.[I-]. The Morgan fingerprint density at radius 2 is 1.24 bits per heavy atom. The molecule has 7 aromatic carbocycles. The summed E-state index contributed by atoms with van der Waals surface area (Å²) in [6.45, 7) is 0.155.